The molecular formula is C19H23N3O5. The molecule has 0 aliphatic rings. The third-order valence-electron chi connectivity index (χ3n) is 3.85. The molecule has 0 aromatic heterocycles. The van der Waals surface area contributed by atoms with E-state index in [0.29, 0.717) is 17.9 Å². The summed E-state index contributed by atoms with van der Waals surface area (Å²) < 4.78 is 5.63. The third-order valence-corrected chi connectivity index (χ3v) is 3.85. The smallest absolute Gasteiger partial charge is 0.267 e. The molecule has 0 aliphatic carbocycles. The highest BCUT2D eigenvalue weighted by molar-refractivity contribution is 5.97. The highest BCUT2D eigenvalue weighted by Crippen LogP contribution is 2.16. The van der Waals surface area contributed by atoms with Gasteiger partial charge in [-0.25, -0.2) is 5.48 Å². The lowest BCUT2D eigenvalue weighted by Crippen LogP contribution is -2.61. The van der Waals surface area contributed by atoms with Crippen molar-refractivity contribution in [2.45, 2.75) is 32.0 Å². The molecule has 0 bridgehead atoms. The molecule has 2 aromatic carbocycles. The Balaban J connectivity index is 1.99. The second-order valence-electron chi connectivity index (χ2n) is 6.68. The Hall–Kier alpha value is -3.10. The van der Waals surface area contributed by atoms with E-state index in [9.17, 15) is 14.7 Å². The first kappa shape index (κ1) is 20.2. The van der Waals surface area contributed by atoms with Crippen LogP contribution >= 0.6 is 0 Å². The number of amides is 2. The maximum absolute atomic E-state index is 12.4. The zero-order valence-corrected chi connectivity index (χ0v) is 15.1. The first-order valence-electron chi connectivity index (χ1n) is 8.25. The number of hydroxylamine groups is 1. The van der Waals surface area contributed by atoms with Crippen LogP contribution in [0.3, 0.4) is 0 Å². The van der Waals surface area contributed by atoms with Crippen molar-refractivity contribution >= 4 is 11.8 Å². The number of hydrogen-bond acceptors (Lipinski definition) is 6. The van der Waals surface area contributed by atoms with Gasteiger partial charge in [-0.15, -0.1) is 0 Å². The van der Waals surface area contributed by atoms with Gasteiger partial charge in [-0.1, -0.05) is 12.1 Å². The number of ether oxygens (including phenoxy) is 1. The van der Waals surface area contributed by atoms with E-state index in [2.05, 4.69) is 5.32 Å². The molecule has 144 valence electrons. The lowest BCUT2D eigenvalue weighted by atomic mass is 9.95. The first-order valence-corrected chi connectivity index (χ1v) is 8.25. The summed E-state index contributed by atoms with van der Waals surface area (Å²) in [5, 5.41) is 20.6. The number of hydrogen-bond donors (Lipinski definition) is 5. The number of carbonyl (C=O) groups is 2. The molecule has 2 amide bonds. The van der Waals surface area contributed by atoms with Crippen molar-refractivity contribution in [2.24, 2.45) is 5.73 Å². The van der Waals surface area contributed by atoms with Crippen molar-refractivity contribution in [1.29, 1.82) is 0 Å². The van der Waals surface area contributed by atoms with Crippen molar-refractivity contribution in [3.05, 3.63) is 59.7 Å². The molecule has 0 aliphatic heterocycles. The summed E-state index contributed by atoms with van der Waals surface area (Å²) in [6.45, 7) is 3.44. The SMILES string of the molecule is CC(C)(N)[C@H](NC(=O)c1ccc(OCc2ccc(O)cc2)cc1)C(=O)NO. The van der Waals surface area contributed by atoms with Gasteiger partial charge in [0.25, 0.3) is 11.8 Å². The quantitative estimate of drug-likeness (QED) is 0.367. The molecule has 0 spiro atoms. The molecule has 0 unspecified atom stereocenters. The van der Waals surface area contributed by atoms with Crippen LogP contribution < -0.4 is 21.3 Å². The highest BCUT2D eigenvalue weighted by atomic mass is 16.5. The van der Waals surface area contributed by atoms with E-state index in [4.69, 9.17) is 15.7 Å². The Morgan fingerprint density at radius 1 is 1.11 bits per heavy atom. The van der Waals surface area contributed by atoms with Gasteiger partial charge in [-0.05, 0) is 55.8 Å². The van der Waals surface area contributed by atoms with Gasteiger partial charge in [0.2, 0.25) is 0 Å². The van der Waals surface area contributed by atoms with Crippen LogP contribution in [0.15, 0.2) is 48.5 Å². The average Bonchev–Trinajstić information content (AvgIpc) is 2.64. The van der Waals surface area contributed by atoms with Crippen LogP contribution in [0.2, 0.25) is 0 Å². The maximum atomic E-state index is 12.4. The van der Waals surface area contributed by atoms with Crippen LogP contribution in [0.1, 0.15) is 29.8 Å². The van der Waals surface area contributed by atoms with Gasteiger partial charge in [-0.3, -0.25) is 14.8 Å². The Morgan fingerprint density at radius 3 is 2.22 bits per heavy atom. The van der Waals surface area contributed by atoms with E-state index in [1.807, 2.05) is 0 Å². The fourth-order valence-electron chi connectivity index (χ4n) is 2.33. The van der Waals surface area contributed by atoms with Crippen LogP contribution in [0.25, 0.3) is 0 Å². The number of phenols is 1. The lowest BCUT2D eigenvalue weighted by Gasteiger charge is -2.29. The predicted octanol–water partition coefficient (Wildman–Crippen LogP) is 1.31. The minimum atomic E-state index is -1.11. The second-order valence-corrected chi connectivity index (χ2v) is 6.68. The molecule has 0 heterocycles. The molecule has 0 saturated heterocycles. The number of benzene rings is 2. The Labute approximate surface area is 156 Å². The normalized spacial score (nSPS) is 12.1. The minimum Gasteiger partial charge on any atom is -0.508 e. The van der Waals surface area contributed by atoms with E-state index in [0.717, 1.165) is 5.56 Å². The van der Waals surface area contributed by atoms with E-state index in [1.165, 1.54) is 5.48 Å². The number of aromatic hydroxyl groups is 1. The predicted molar refractivity (Wildman–Crippen MR) is 98.3 cm³/mol. The first-order chi connectivity index (χ1) is 12.7. The molecule has 27 heavy (non-hydrogen) atoms. The van der Waals surface area contributed by atoms with Crippen LogP contribution in [0, 0.1) is 0 Å². The lowest BCUT2D eigenvalue weighted by molar-refractivity contribution is -0.132. The number of carbonyl (C=O) groups excluding carboxylic acids is 2. The highest BCUT2D eigenvalue weighted by Gasteiger charge is 2.33. The second kappa shape index (κ2) is 8.52. The van der Waals surface area contributed by atoms with E-state index < -0.39 is 23.4 Å². The Bertz CT molecular complexity index is 782. The van der Waals surface area contributed by atoms with Crippen LogP contribution in [0.5, 0.6) is 11.5 Å². The number of nitrogens with one attached hydrogen (secondary N) is 2. The number of rotatable bonds is 7. The molecule has 6 N–H and O–H groups in total. The molecule has 0 radical (unpaired) electrons. The van der Waals surface area contributed by atoms with Crippen LogP contribution in [-0.4, -0.2) is 33.7 Å². The number of phenolic OH excluding ortho intramolecular Hbond substituents is 1. The van der Waals surface area contributed by atoms with Gasteiger partial charge in [0, 0.05) is 11.1 Å². The molecule has 1 atom stereocenters. The molecular weight excluding hydrogens is 350 g/mol. The van der Waals surface area contributed by atoms with E-state index in [-0.39, 0.29) is 5.75 Å². The Morgan fingerprint density at radius 2 is 1.70 bits per heavy atom. The van der Waals surface area contributed by atoms with Gasteiger partial charge < -0.3 is 20.9 Å². The van der Waals surface area contributed by atoms with Crippen LogP contribution in [-0.2, 0) is 11.4 Å². The van der Waals surface area contributed by atoms with Gasteiger partial charge in [0.15, 0.2) is 0 Å². The Kier molecular flexibility index (Phi) is 6.38. The summed E-state index contributed by atoms with van der Waals surface area (Å²) in [4.78, 5) is 24.1. The molecule has 0 fully saturated rings. The molecule has 2 aromatic rings. The van der Waals surface area contributed by atoms with Crippen molar-refractivity contribution in [1.82, 2.24) is 10.8 Å². The molecule has 0 saturated carbocycles. The number of nitrogens with two attached hydrogens (primary N) is 1. The third kappa shape index (κ3) is 5.70. The monoisotopic (exact) mass is 373 g/mol. The minimum absolute atomic E-state index is 0.183. The molecule has 8 heteroatoms. The molecule has 2 rings (SSSR count). The summed E-state index contributed by atoms with van der Waals surface area (Å²) in [5.74, 6) is -0.566. The van der Waals surface area contributed by atoms with E-state index >= 15 is 0 Å². The van der Waals surface area contributed by atoms with Crippen molar-refractivity contribution in [3.63, 3.8) is 0 Å². The fraction of sp³-hybridized carbons (Fsp3) is 0.263. The van der Waals surface area contributed by atoms with Gasteiger partial charge >= 0.3 is 0 Å². The summed E-state index contributed by atoms with van der Waals surface area (Å²) in [6, 6.07) is 11.9. The maximum Gasteiger partial charge on any atom is 0.267 e. The van der Waals surface area contributed by atoms with Gasteiger partial charge in [0.05, 0.1) is 0 Å². The summed E-state index contributed by atoms with van der Waals surface area (Å²) in [5.41, 5.74) is 7.52. The molecule has 8 nitrogen and oxygen atoms in total. The van der Waals surface area contributed by atoms with Gasteiger partial charge in [0.1, 0.15) is 24.1 Å². The summed E-state index contributed by atoms with van der Waals surface area (Å²) in [6.07, 6.45) is 0. The topological polar surface area (TPSA) is 134 Å². The zero-order valence-electron chi connectivity index (χ0n) is 15.1. The zero-order chi connectivity index (χ0) is 20.0. The van der Waals surface area contributed by atoms with Crippen LogP contribution in [0.4, 0.5) is 0 Å². The largest absolute Gasteiger partial charge is 0.508 e. The van der Waals surface area contributed by atoms with E-state index in [1.54, 1.807) is 62.4 Å². The van der Waals surface area contributed by atoms with Crippen molar-refractivity contribution in [3.8, 4) is 11.5 Å². The van der Waals surface area contributed by atoms with Crippen molar-refractivity contribution in [2.75, 3.05) is 0 Å². The van der Waals surface area contributed by atoms with Gasteiger partial charge in [-0.2, -0.15) is 0 Å². The van der Waals surface area contributed by atoms with Crippen molar-refractivity contribution < 1.29 is 24.6 Å². The summed E-state index contributed by atoms with van der Waals surface area (Å²) >= 11 is 0. The fourth-order valence-corrected chi connectivity index (χ4v) is 2.33. The summed E-state index contributed by atoms with van der Waals surface area (Å²) in [7, 11) is 0. The average molecular weight is 373 g/mol. The standard InChI is InChI=1S/C19H23N3O5/c1-19(2,20)16(18(25)22-26)21-17(24)13-5-9-15(10-6-13)27-11-12-3-7-14(23)8-4-12/h3-10,16,23,26H,11,20H2,1-2H3,(H,21,24)(H,22,25)/t16-/m1/s1.